The van der Waals surface area contributed by atoms with Crippen LogP contribution in [-0.2, 0) is 6.42 Å². The van der Waals surface area contributed by atoms with Crippen molar-refractivity contribution in [3.05, 3.63) is 20.8 Å². The molecule has 1 nitrogen and oxygen atoms in total. The van der Waals surface area contributed by atoms with Gasteiger partial charge in [-0.2, -0.15) is 0 Å². The topological polar surface area (TPSA) is 12.0 Å². The zero-order valence-corrected chi connectivity index (χ0v) is 15.3. The summed E-state index contributed by atoms with van der Waals surface area (Å²) >= 11 is 5.60. The summed E-state index contributed by atoms with van der Waals surface area (Å²) in [4.78, 5) is 1.51. The van der Waals surface area contributed by atoms with Gasteiger partial charge in [0.2, 0.25) is 0 Å². The molecule has 4 saturated carbocycles. The molecule has 0 saturated heterocycles. The zero-order valence-electron chi connectivity index (χ0n) is 12.9. The molecular weight excluding hydrogens is 342 g/mol. The van der Waals surface area contributed by atoms with Crippen LogP contribution in [0.3, 0.4) is 0 Å². The molecule has 1 N–H and O–H groups in total. The second-order valence-corrected chi connectivity index (χ2v) is 9.86. The van der Waals surface area contributed by atoms with Gasteiger partial charge >= 0.3 is 0 Å². The Balaban J connectivity index is 1.47. The Hall–Kier alpha value is 0.140. The number of rotatable bonds is 5. The summed E-state index contributed by atoms with van der Waals surface area (Å²) < 4.78 is 1.30. The predicted octanol–water partition coefficient (Wildman–Crippen LogP) is 5.25. The van der Waals surface area contributed by atoms with Crippen molar-refractivity contribution < 1.29 is 0 Å². The smallest absolute Gasteiger partial charge is 0.0314 e. The summed E-state index contributed by atoms with van der Waals surface area (Å²) in [6.07, 6.45) is 11.8. The van der Waals surface area contributed by atoms with Crippen LogP contribution < -0.4 is 5.32 Å². The highest BCUT2D eigenvalue weighted by Gasteiger charge is 2.51. The van der Waals surface area contributed by atoms with Crippen LogP contribution in [0.5, 0.6) is 0 Å². The molecule has 0 radical (unpaired) electrons. The van der Waals surface area contributed by atoms with E-state index >= 15 is 0 Å². The molecular formula is C18H26BrNS. The van der Waals surface area contributed by atoms with E-state index in [0.717, 1.165) is 17.8 Å². The lowest BCUT2D eigenvalue weighted by Crippen LogP contribution is -2.48. The molecule has 0 aliphatic heterocycles. The molecule has 0 amide bonds. The number of likely N-dealkylation sites (N-methyl/N-ethyl adjacent to an activating group) is 1. The number of halogens is 1. The molecule has 3 heteroatoms. The SMILES string of the molecule is CNC(Cc1sccc1Br)CC12CC3CC(CC(C3)C1)C2. The van der Waals surface area contributed by atoms with Crippen LogP contribution >= 0.6 is 27.3 Å². The van der Waals surface area contributed by atoms with Crippen LogP contribution in [0.15, 0.2) is 15.9 Å². The monoisotopic (exact) mass is 367 g/mol. The van der Waals surface area contributed by atoms with E-state index in [0.29, 0.717) is 11.5 Å². The maximum absolute atomic E-state index is 3.70. The van der Waals surface area contributed by atoms with Gasteiger partial charge in [-0.1, -0.05) is 0 Å². The molecule has 1 aromatic rings. The standard InChI is InChI=1S/C18H26BrNS/c1-20-15(7-17-16(19)2-3-21-17)11-18-8-12-4-13(9-18)6-14(5-12)10-18/h2-3,12-15,20H,4-11H2,1H3. The van der Waals surface area contributed by atoms with Crippen LogP contribution in [0.4, 0.5) is 0 Å². The first kappa shape index (κ1) is 14.7. The summed E-state index contributed by atoms with van der Waals surface area (Å²) in [5.41, 5.74) is 0.687. The Bertz CT molecular complexity index is 474. The molecule has 0 spiro atoms. The Morgan fingerprint density at radius 3 is 2.33 bits per heavy atom. The average molecular weight is 368 g/mol. The number of hydrogen-bond donors (Lipinski definition) is 1. The molecule has 4 aliphatic carbocycles. The van der Waals surface area contributed by atoms with E-state index < -0.39 is 0 Å². The predicted molar refractivity (Wildman–Crippen MR) is 93.8 cm³/mol. The molecule has 5 rings (SSSR count). The van der Waals surface area contributed by atoms with Gasteiger partial charge in [-0.15, -0.1) is 11.3 Å². The lowest BCUT2D eigenvalue weighted by molar-refractivity contribution is -0.0616. The van der Waals surface area contributed by atoms with Crippen molar-refractivity contribution in [3.8, 4) is 0 Å². The fraction of sp³-hybridized carbons (Fsp3) is 0.778. The van der Waals surface area contributed by atoms with Gasteiger partial charge < -0.3 is 5.32 Å². The first-order chi connectivity index (χ1) is 10.2. The number of hydrogen-bond acceptors (Lipinski definition) is 2. The van der Waals surface area contributed by atoms with Crippen molar-refractivity contribution >= 4 is 27.3 Å². The minimum atomic E-state index is 0.649. The van der Waals surface area contributed by atoms with Crippen LogP contribution in [0.2, 0.25) is 0 Å². The quantitative estimate of drug-likeness (QED) is 0.749. The summed E-state index contributed by atoms with van der Waals surface area (Å²) in [5.74, 6) is 3.21. The van der Waals surface area contributed by atoms with Crippen LogP contribution in [-0.4, -0.2) is 13.1 Å². The Morgan fingerprint density at radius 1 is 1.24 bits per heavy atom. The molecule has 4 bridgehead atoms. The summed E-state index contributed by atoms with van der Waals surface area (Å²) in [6.45, 7) is 0. The molecule has 0 aromatic carbocycles. The largest absolute Gasteiger partial charge is 0.317 e. The number of thiophene rings is 1. The molecule has 1 aromatic heterocycles. The van der Waals surface area contributed by atoms with Crippen molar-refractivity contribution in [2.45, 2.75) is 57.4 Å². The van der Waals surface area contributed by atoms with Crippen molar-refractivity contribution in [2.24, 2.45) is 23.2 Å². The molecule has 4 fully saturated rings. The second kappa shape index (κ2) is 5.65. The fourth-order valence-corrected chi connectivity index (χ4v) is 7.63. The molecule has 1 heterocycles. The molecule has 116 valence electrons. The Labute approximate surface area is 141 Å². The Kier molecular flexibility index (Phi) is 3.96. The van der Waals surface area contributed by atoms with E-state index in [9.17, 15) is 0 Å². The van der Waals surface area contributed by atoms with E-state index in [1.807, 2.05) is 11.3 Å². The molecule has 1 unspecified atom stereocenters. The maximum Gasteiger partial charge on any atom is 0.0314 e. The van der Waals surface area contributed by atoms with E-state index in [1.54, 1.807) is 19.3 Å². The van der Waals surface area contributed by atoms with Crippen LogP contribution in [0, 0.1) is 23.2 Å². The highest BCUT2D eigenvalue weighted by atomic mass is 79.9. The molecule has 4 aliphatic rings. The van der Waals surface area contributed by atoms with Gasteiger partial charge in [0.15, 0.2) is 0 Å². The van der Waals surface area contributed by atoms with Crippen LogP contribution in [0.1, 0.15) is 49.8 Å². The minimum absolute atomic E-state index is 0.649. The average Bonchev–Trinajstić information content (AvgIpc) is 2.81. The summed E-state index contributed by atoms with van der Waals surface area (Å²) in [6, 6.07) is 2.84. The third-order valence-corrected chi connectivity index (χ3v) is 8.32. The lowest BCUT2D eigenvalue weighted by atomic mass is 9.48. The van der Waals surface area contributed by atoms with E-state index in [2.05, 4.69) is 39.7 Å². The first-order valence-electron chi connectivity index (χ1n) is 8.55. The van der Waals surface area contributed by atoms with Gasteiger partial charge in [-0.3, -0.25) is 0 Å². The lowest BCUT2D eigenvalue weighted by Gasteiger charge is -2.57. The van der Waals surface area contributed by atoms with Gasteiger partial charge in [0.1, 0.15) is 0 Å². The highest BCUT2D eigenvalue weighted by Crippen LogP contribution is 2.61. The minimum Gasteiger partial charge on any atom is -0.317 e. The molecule has 1 atom stereocenters. The maximum atomic E-state index is 3.70. The van der Waals surface area contributed by atoms with Gasteiger partial charge in [0.25, 0.3) is 0 Å². The highest BCUT2D eigenvalue weighted by molar-refractivity contribution is 9.10. The van der Waals surface area contributed by atoms with Crippen molar-refractivity contribution in [1.29, 1.82) is 0 Å². The summed E-state index contributed by atoms with van der Waals surface area (Å²) in [7, 11) is 2.16. The second-order valence-electron chi connectivity index (χ2n) is 8.00. The van der Waals surface area contributed by atoms with Crippen molar-refractivity contribution in [2.75, 3.05) is 7.05 Å². The third-order valence-electron chi connectivity index (χ3n) is 6.38. The normalized spacial score (nSPS) is 38.9. The number of nitrogens with one attached hydrogen (secondary N) is 1. The van der Waals surface area contributed by atoms with Crippen molar-refractivity contribution in [1.82, 2.24) is 5.32 Å². The van der Waals surface area contributed by atoms with Crippen LogP contribution in [0.25, 0.3) is 0 Å². The van der Waals surface area contributed by atoms with Crippen molar-refractivity contribution in [3.63, 3.8) is 0 Å². The van der Waals surface area contributed by atoms with Gasteiger partial charge in [-0.25, -0.2) is 0 Å². The zero-order chi connectivity index (χ0) is 14.4. The van der Waals surface area contributed by atoms with Gasteiger partial charge in [-0.05, 0) is 109 Å². The van der Waals surface area contributed by atoms with Gasteiger partial charge in [0.05, 0.1) is 0 Å². The third kappa shape index (κ3) is 2.86. The van der Waals surface area contributed by atoms with E-state index in [1.165, 1.54) is 41.5 Å². The fourth-order valence-electron chi connectivity index (χ4n) is 6.03. The Morgan fingerprint density at radius 2 is 1.86 bits per heavy atom. The first-order valence-corrected chi connectivity index (χ1v) is 10.2. The van der Waals surface area contributed by atoms with E-state index in [4.69, 9.17) is 0 Å². The van der Waals surface area contributed by atoms with Gasteiger partial charge in [0, 0.05) is 15.4 Å². The van der Waals surface area contributed by atoms with E-state index in [-0.39, 0.29) is 0 Å². The molecule has 21 heavy (non-hydrogen) atoms. The summed E-state index contributed by atoms with van der Waals surface area (Å²) in [5, 5.41) is 5.83.